The zero-order valence-corrected chi connectivity index (χ0v) is 41.2. The van der Waals surface area contributed by atoms with E-state index in [9.17, 15) is 43.2 Å². The number of methoxy groups -OCH3 is 1. The number of hydrogen-bond acceptors (Lipinski definition) is 11. The largest absolute Gasteiger partial charge is 0.467 e. The summed E-state index contributed by atoms with van der Waals surface area (Å²) in [5.41, 5.74) is -0.795. The molecule has 1 aliphatic rings. The number of amides is 8. The van der Waals surface area contributed by atoms with Gasteiger partial charge in [-0.3, -0.25) is 33.6 Å². The molecule has 0 aliphatic carbocycles. The fraction of sp³-hybridized carbons (Fsp3) is 0.800. The molecule has 1 heterocycles. The number of alkyl carbamates (subject to hydrolysis) is 1. The zero-order chi connectivity index (χ0) is 49.4. The Morgan fingerprint density at radius 2 is 1.00 bits per heavy atom. The van der Waals surface area contributed by atoms with Gasteiger partial charge in [0.05, 0.1) is 13.7 Å². The van der Waals surface area contributed by atoms with Gasteiger partial charge in [-0.25, -0.2) is 9.59 Å². The third kappa shape index (κ3) is 19.0. The van der Waals surface area contributed by atoms with Gasteiger partial charge in [-0.15, -0.1) is 0 Å². The highest BCUT2D eigenvalue weighted by atomic mass is 16.6. The fourth-order valence-electron chi connectivity index (χ4n) is 7.07. The Morgan fingerprint density at radius 1 is 0.578 bits per heavy atom. The summed E-state index contributed by atoms with van der Waals surface area (Å²) in [6.07, 6.45) is 0.502. The zero-order valence-electron chi connectivity index (χ0n) is 41.2. The molecule has 0 aromatic rings. The van der Waals surface area contributed by atoms with E-state index < -0.39 is 120 Å². The Bertz CT molecular complexity index is 1620. The number of likely N-dealkylation sites (tertiary alicyclic amines) is 1. The number of nitrogens with one attached hydrogen (secondary N) is 7. The first-order valence-electron chi connectivity index (χ1n) is 22.7. The molecule has 7 atom stereocenters. The number of ether oxygens (including phenoxy) is 2. The van der Waals surface area contributed by atoms with Crippen LogP contribution in [0.15, 0.2) is 0 Å². The molecule has 0 aromatic carbocycles. The molecule has 1 rings (SSSR count). The number of hydrogen-bond donors (Lipinski definition) is 7. The van der Waals surface area contributed by atoms with Gasteiger partial charge in [0, 0.05) is 6.54 Å². The number of carbonyl (C=O) groups is 9. The maximum atomic E-state index is 14.1. The summed E-state index contributed by atoms with van der Waals surface area (Å²) < 4.78 is 10.2. The van der Waals surface area contributed by atoms with Crippen LogP contribution < -0.4 is 37.2 Å². The second-order valence-electron chi connectivity index (χ2n) is 19.9. The van der Waals surface area contributed by atoms with Crippen molar-refractivity contribution in [1.82, 2.24) is 42.1 Å². The van der Waals surface area contributed by atoms with Gasteiger partial charge in [0.15, 0.2) is 0 Å². The van der Waals surface area contributed by atoms with Gasteiger partial charge in [0.25, 0.3) is 0 Å². The standard InChI is InChI=1S/C45H80N8O11/c1-23(2)20-29(37(55)49-34(26(7)8)41(59)52-36(28(11)12)43(61)63-16)47-32(54)22-46-39(57)31-18-17-19-53(31)42(60)35(27(9)10)51-40(58)33(25(5)6)50-38(56)30(21-24(3)4)48-44(62)64-45(13,14)15/h23-31,33-36H,17-22H2,1-16H3,(H,46,57)(H,47,54)(H,48,62)(H,49,55)(H,50,56)(H,51,58)(H,52,59)/t29-,30-,31+,33-,34-,35-,36-/m0/s1. The van der Waals surface area contributed by atoms with Gasteiger partial charge in [-0.2, -0.15) is 0 Å². The molecular weight excluding hydrogens is 829 g/mol. The molecule has 0 spiro atoms. The van der Waals surface area contributed by atoms with Crippen LogP contribution in [0.4, 0.5) is 4.79 Å². The van der Waals surface area contributed by atoms with Crippen molar-refractivity contribution in [3.8, 4) is 0 Å². The van der Waals surface area contributed by atoms with Crippen LogP contribution in [0.1, 0.15) is 130 Å². The summed E-state index contributed by atoms with van der Waals surface area (Å²) in [7, 11) is 1.22. The molecular formula is C45H80N8O11. The molecule has 1 saturated heterocycles. The minimum atomic E-state index is -1.08. The molecule has 19 heteroatoms. The van der Waals surface area contributed by atoms with Crippen LogP contribution in [-0.2, 0) is 47.8 Å². The first-order chi connectivity index (χ1) is 29.5. The van der Waals surface area contributed by atoms with Crippen molar-refractivity contribution in [3.63, 3.8) is 0 Å². The molecule has 0 unspecified atom stereocenters. The number of esters is 1. The number of nitrogens with zero attached hydrogens (tertiary/aromatic N) is 1. The van der Waals surface area contributed by atoms with Crippen LogP contribution in [0.2, 0.25) is 0 Å². The third-order valence-corrected chi connectivity index (χ3v) is 10.5. The smallest absolute Gasteiger partial charge is 0.408 e. The molecule has 0 saturated carbocycles. The molecule has 1 aliphatic heterocycles. The summed E-state index contributed by atoms with van der Waals surface area (Å²) in [5.74, 6) is -6.36. The average Bonchev–Trinajstić information content (AvgIpc) is 3.66. The summed E-state index contributed by atoms with van der Waals surface area (Å²) in [4.78, 5) is 121. The number of carbonyl (C=O) groups excluding carboxylic acids is 9. The van der Waals surface area contributed by atoms with Gasteiger partial charge < -0.3 is 51.6 Å². The Hall–Kier alpha value is -4.97. The maximum absolute atomic E-state index is 14.1. The van der Waals surface area contributed by atoms with E-state index in [0.717, 1.165) is 0 Å². The molecule has 1 fully saturated rings. The second kappa shape index (κ2) is 26.1. The quantitative estimate of drug-likeness (QED) is 0.0732. The van der Waals surface area contributed by atoms with E-state index in [1.807, 2.05) is 27.7 Å². The number of rotatable bonds is 23. The van der Waals surface area contributed by atoms with Gasteiger partial charge in [0.1, 0.15) is 47.9 Å². The molecule has 19 nitrogen and oxygen atoms in total. The van der Waals surface area contributed by atoms with Gasteiger partial charge in [-0.05, 0) is 82.0 Å². The van der Waals surface area contributed by atoms with Crippen LogP contribution in [0.5, 0.6) is 0 Å². The lowest BCUT2D eigenvalue weighted by atomic mass is 9.98. The maximum Gasteiger partial charge on any atom is 0.408 e. The SMILES string of the molecule is COC(=O)[C@@H](NC(=O)[C@@H](NC(=O)[C@H](CC(C)C)NC(=O)CNC(=O)[C@H]1CCCN1C(=O)[C@@H](NC(=O)[C@@H](NC(=O)[C@H](CC(C)C)NC(=O)OC(C)(C)C)C(C)C)C(C)C)C(C)C)C(C)C. The summed E-state index contributed by atoms with van der Waals surface area (Å²) >= 11 is 0. The topological polar surface area (TPSA) is 260 Å². The normalized spacial score (nSPS) is 17.0. The molecule has 7 N–H and O–H groups in total. The van der Waals surface area contributed by atoms with E-state index in [0.29, 0.717) is 12.8 Å². The first kappa shape index (κ1) is 57.0. The molecule has 366 valence electrons. The Morgan fingerprint density at radius 3 is 1.41 bits per heavy atom. The molecule has 0 radical (unpaired) electrons. The van der Waals surface area contributed by atoms with Crippen molar-refractivity contribution < 1.29 is 52.6 Å². The van der Waals surface area contributed by atoms with Crippen LogP contribution >= 0.6 is 0 Å². The minimum absolute atomic E-state index is 0.0114. The second-order valence-corrected chi connectivity index (χ2v) is 19.9. The van der Waals surface area contributed by atoms with E-state index in [2.05, 4.69) is 37.2 Å². The molecule has 0 bridgehead atoms. The Labute approximate surface area is 380 Å². The van der Waals surface area contributed by atoms with Gasteiger partial charge >= 0.3 is 12.1 Å². The summed E-state index contributed by atoms with van der Waals surface area (Å²) in [5, 5.41) is 18.8. The lowest BCUT2D eigenvalue weighted by Crippen LogP contribution is -2.60. The molecule has 0 aromatic heterocycles. The Kier molecular flexibility index (Phi) is 23.3. The van der Waals surface area contributed by atoms with Gasteiger partial charge in [-0.1, -0.05) is 83.1 Å². The van der Waals surface area contributed by atoms with Gasteiger partial charge in [0.2, 0.25) is 41.4 Å². The van der Waals surface area contributed by atoms with Crippen molar-refractivity contribution in [1.29, 1.82) is 0 Å². The lowest BCUT2D eigenvalue weighted by Gasteiger charge is -2.32. The van der Waals surface area contributed by atoms with E-state index in [4.69, 9.17) is 9.47 Å². The predicted octanol–water partition coefficient (Wildman–Crippen LogP) is 2.30. The molecule has 64 heavy (non-hydrogen) atoms. The lowest BCUT2D eigenvalue weighted by molar-refractivity contribution is -0.147. The molecule has 8 amide bonds. The summed E-state index contributed by atoms with van der Waals surface area (Å²) in [6, 6.07) is -7.14. The van der Waals surface area contributed by atoms with E-state index in [1.54, 1.807) is 76.2 Å². The van der Waals surface area contributed by atoms with Crippen LogP contribution in [-0.4, -0.2) is 126 Å². The van der Waals surface area contributed by atoms with Crippen molar-refractivity contribution in [3.05, 3.63) is 0 Å². The summed E-state index contributed by atoms with van der Waals surface area (Å²) in [6.45, 7) is 26.2. The first-order valence-corrected chi connectivity index (χ1v) is 22.7. The van der Waals surface area contributed by atoms with Crippen LogP contribution in [0.3, 0.4) is 0 Å². The van der Waals surface area contributed by atoms with Crippen molar-refractivity contribution in [2.75, 3.05) is 20.2 Å². The monoisotopic (exact) mass is 909 g/mol. The van der Waals surface area contributed by atoms with Crippen LogP contribution in [0.25, 0.3) is 0 Å². The van der Waals surface area contributed by atoms with Crippen molar-refractivity contribution in [2.45, 2.75) is 177 Å². The van der Waals surface area contributed by atoms with Crippen molar-refractivity contribution in [2.24, 2.45) is 35.5 Å². The third-order valence-electron chi connectivity index (χ3n) is 10.5. The predicted molar refractivity (Wildman–Crippen MR) is 241 cm³/mol. The highest BCUT2D eigenvalue weighted by Gasteiger charge is 2.41. The average molecular weight is 909 g/mol. The van der Waals surface area contributed by atoms with Crippen LogP contribution in [0, 0.1) is 35.5 Å². The van der Waals surface area contributed by atoms with E-state index >= 15 is 0 Å². The Balaban J connectivity index is 3.10. The van der Waals surface area contributed by atoms with Crippen molar-refractivity contribution >= 4 is 53.4 Å². The highest BCUT2D eigenvalue weighted by molar-refractivity contribution is 5.97. The minimum Gasteiger partial charge on any atom is -0.467 e. The highest BCUT2D eigenvalue weighted by Crippen LogP contribution is 2.21. The fourth-order valence-corrected chi connectivity index (χ4v) is 7.07. The van der Waals surface area contributed by atoms with E-state index in [-0.39, 0.29) is 43.1 Å². The van der Waals surface area contributed by atoms with E-state index in [1.165, 1.54) is 12.0 Å².